The summed E-state index contributed by atoms with van der Waals surface area (Å²) in [4.78, 5) is 10.4. The van der Waals surface area contributed by atoms with E-state index in [1.807, 2.05) is 0 Å². The van der Waals surface area contributed by atoms with E-state index in [9.17, 15) is 4.79 Å². The minimum Gasteiger partial charge on any atom is -0.479 e. The summed E-state index contributed by atoms with van der Waals surface area (Å²) in [7, 11) is 0. The number of ether oxygens (including phenoxy) is 1. The fourth-order valence-corrected chi connectivity index (χ4v) is 1.82. The number of carbonyl (C=O) groups is 1. The number of rotatable bonds is 3. The molecule has 0 radical (unpaired) electrons. The van der Waals surface area contributed by atoms with Gasteiger partial charge < -0.3 is 9.84 Å². The summed E-state index contributed by atoms with van der Waals surface area (Å²) in [5.41, 5.74) is 1.14. The van der Waals surface area contributed by atoms with E-state index in [2.05, 4.69) is 8.75 Å². The lowest BCUT2D eigenvalue weighted by Gasteiger charge is -2.04. The van der Waals surface area contributed by atoms with Crippen LogP contribution in [-0.4, -0.2) is 26.4 Å². The molecule has 1 aromatic carbocycles. The molecule has 0 saturated heterocycles. The smallest absolute Gasteiger partial charge is 0.341 e. The average Bonchev–Trinajstić information content (AvgIpc) is 2.63. The highest BCUT2D eigenvalue weighted by Crippen LogP contribution is 2.32. The first-order chi connectivity index (χ1) is 7.18. The van der Waals surface area contributed by atoms with E-state index in [1.54, 1.807) is 12.1 Å². The zero-order valence-electron chi connectivity index (χ0n) is 7.31. The first kappa shape index (κ1) is 10.1. The second-order valence-corrected chi connectivity index (χ2v) is 3.63. The fraction of sp³-hybridized carbons (Fsp3) is 0.125. The van der Waals surface area contributed by atoms with E-state index in [4.69, 9.17) is 21.4 Å². The lowest BCUT2D eigenvalue weighted by atomic mass is 10.3. The van der Waals surface area contributed by atoms with E-state index in [-0.39, 0.29) is 5.75 Å². The van der Waals surface area contributed by atoms with Crippen molar-refractivity contribution in [3.8, 4) is 5.75 Å². The van der Waals surface area contributed by atoms with Crippen LogP contribution >= 0.6 is 23.3 Å². The molecule has 78 valence electrons. The maximum atomic E-state index is 10.4. The first-order valence-corrected chi connectivity index (χ1v) is 5.04. The monoisotopic (exact) mass is 244 g/mol. The molecule has 2 aromatic rings. The van der Waals surface area contributed by atoms with Crippen LogP contribution in [0.15, 0.2) is 12.1 Å². The van der Waals surface area contributed by atoms with E-state index in [1.165, 1.54) is 0 Å². The lowest BCUT2D eigenvalue weighted by molar-refractivity contribution is -0.139. The molecule has 0 unspecified atom stereocenters. The summed E-state index contributed by atoms with van der Waals surface area (Å²) in [6.07, 6.45) is 0. The van der Waals surface area contributed by atoms with Crippen molar-refractivity contribution in [3.05, 3.63) is 17.2 Å². The van der Waals surface area contributed by atoms with Crippen LogP contribution in [0.3, 0.4) is 0 Å². The Labute approximate surface area is 93.6 Å². The highest BCUT2D eigenvalue weighted by atomic mass is 35.5. The second kappa shape index (κ2) is 4.00. The molecule has 7 heteroatoms. The van der Waals surface area contributed by atoms with Crippen LogP contribution in [0.2, 0.25) is 5.02 Å². The third-order valence-electron chi connectivity index (χ3n) is 1.67. The van der Waals surface area contributed by atoms with E-state index < -0.39 is 12.6 Å². The summed E-state index contributed by atoms with van der Waals surface area (Å²) in [5.74, 6) is -0.795. The number of carboxylic acids is 1. The Morgan fingerprint density at radius 1 is 1.53 bits per heavy atom. The molecule has 15 heavy (non-hydrogen) atoms. The van der Waals surface area contributed by atoms with Gasteiger partial charge >= 0.3 is 5.97 Å². The number of carboxylic acid groups (broad SMARTS) is 1. The third-order valence-corrected chi connectivity index (χ3v) is 2.51. The van der Waals surface area contributed by atoms with Crippen molar-refractivity contribution in [2.75, 3.05) is 6.61 Å². The Morgan fingerprint density at radius 3 is 3.07 bits per heavy atom. The van der Waals surface area contributed by atoms with Crippen LogP contribution in [-0.2, 0) is 4.79 Å². The Hall–Kier alpha value is -1.40. The molecule has 0 aliphatic rings. The number of aromatic nitrogens is 2. The number of hydrogen-bond acceptors (Lipinski definition) is 5. The zero-order valence-corrected chi connectivity index (χ0v) is 8.88. The Morgan fingerprint density at radius 2 is 2.33 bits per heavy atom. The molecule has 1 heterocycles. The van der Waals surface area contributed by atoms with Crippen LogP contribution in [0.1, 0.15) is 0 Å². The van der Waals surface area contributed by atoms with Gasteiger partial charge in [-0.15, -0.1) is 0 Å². The molecule has 0 aliphatic carbocycles. The quantitative estimate of drug-likeness (QED) is 0.891. The zero-order chi connectivity index (χ0) is 10.8. The third kappa shape index (κ3) is 2.00. The Bertz CT molecular complexity index is 514. The number of fused-ring (bicyclic) bond motifs is 1. The second-order valence-electron chi connectivity index (χ2n) is 2.69. The summed E-state index contributed by atoms with van der Waals surface area (Å²) < 4.78 is 13.0. The Balaban J connectivity index is 2.42. The minimum absolute atomic E-state index is 0.269. The van der Waals surface area contributed by atoms with Gasteiger partial charge in [-0.1, -0.05) is 11.6 Å². The first-order valence-electron chi connectivity index (χ1n) is 3.94. The molecular formula is C8H5ClN2O3S. The summed E-state index contributed by atoms with van der Waals surface area (Å²) >= 11 is 6.89. The van der Waals surface area contributed by atoms with Crippen LogP contribution in [0.5, 0.6) is 5.75 Å². The SMILES string of the molecule is O=C(O)COc1c(Cl)ccc2nsnc12. The minimum atomic E-state index is -1.06. The Kier molecular flexibility index (Phi) is 2.70. The van der Waals surface area contributed by atoms with E-state index in [0.29, 0.717) is 16.1 Å². The summed E-state index contributed by atoms with van der Waals surface area (Å²) in [6.45, 7) is -0.448. The standard InChI is InChI=1S/C8H5ClN2O3S/c9-4-1-2-5-7(11-15-10-5)8(4)14-3-6(12)13/h1-2H,3H2,(H,12,13). The lowest BCUT2D eigenvalue weighted by Crippen LogP contribution is -2.09. The van der Waals surface area contributed by atoms with Gasteiger partial charge in [0.15, 0.2) is 12.4 Å². The predicted octanol–water partition coefficient (Wildman–Crippen LogP) is 1.81. The van der Waals surface area contributed by atoms with Crippen LogP contribution in [0, 0.1) is 0 Å². The molecule has 0 atom stereocenters. The summed E-state index contributed by atoms with van der Waals surface area (Å²) in [6, 6.07) is 3.30. The molecule has 0 fully saturated rings. The van der Waals surface area contributed by atoms with Gasteiger partial charge in [-0.3, -0.25) is 0 Å². The van der Waals surface area contributed by atoms with Crippen molar-refractivity contribution in [2.45, 2.75) is 0 Å². The predicted molar refractivity (Wildman–Crippen MR) is 55.6 cm³/mol. The van der Waals surface area contributed by atoms with Crippen molar-refractivity contribution in [3.63, 3.8) is 0 Å². The summed E-state index contributed by atoms with van der Waals surface area (Å²) in [5, 5.41) is 8.82. The van der Waals surface area contributed by atoms with Crippen molar-refractivity contribution < 1.29 is 14.6 Å². The van der Waals surface area contributed by atoms with E-state index >= 15 is 0 Å². The molecule has 0 aliphatic heterocycles. The van der Waals surface area contributed by atoms with Crippen molar-refractivity contribution in [1.82, 2.24) is 8.75 Å². The largest absolute Gasteiger partial charge is 0.479 e. The van der Waals surface area contributed by atoms with Gasteiger partial charge in [0.05, 0.1) is 16.8 Å². The van der Waals surface area contributed by atoms with Gasteiger partial charge in [0, 0.05) is 0 Å². The van der Waals surface area contributed by atoms with Crippen LogP contribution in [0.4, 0.5) is 0 Å². The molecule has 0 bridgehead atoms. The molecule has 0 amide bonds. The highest BCUT2D eigenvalue weighted by molar-refractivity contribution is 7.00. The van der Waals surface area contributed by atoms with Gasteiger partial charge in [-0.05, 0) is 12.1 Å². The number of nitrogens with zero attached hydrogens (tertiary/aromatic N) is 2. The number of benzene rings is 1. The van der Waals surface area contributed by atoms with Crippen LogP contribution in [0.25, 0.3) is 11.0 Å². The molecular weight excluding hydrogens is 240 g/mol. The maximum Gasteiger partial charge on any atom is 0.341 e. The highest BCUT2D eigenvalue weighted by Gasteiger charge is 2.12. The number of halogens is 1. The molecule has 1 aromatic heterocycles. The number of aliphatic carboxylic acids is 1. The van der Waals surface area contributed by atoms with Gasteiger partial charge in [0.2, 0.25) is 0 Å². The van der Waals surface area contributed by atoms with E-state index in [0.717, 1.165) is 11.7 Å². The molecule has 0 saturated carbocycles. The molecule has 1 N–H and O–H groups in total. The topological polar surface area (TPSA) is 72.3 Å². The van der Waals surface area contributed by atoms with Gasteiger partial charge in [-0.2, -0.15) is 8.75 Å². The molecule has 5 nitrogen and oxygen atoms in total. The van der Waals surface area contributed by atoms with Crippen molar-refractivity contribution in [2.24, 2.45) is 0 Å². The normalized spacial score (nSPS) is 10.5. The number of hydrogen-bond donors (Lipinski definition) is 1. The van der Waals surface area contributed by atoms with Gasteiger partial charge in [0.1, 0.15) is 11.0 Å². The maximum absolute atomic E-state index is 10.4. The fourth-order valence-electron chi connectivity index (χ4n) is 1.07. The van der Waals surface area contributed by atoms with Crippen molar-refractivity contribution >= 4 is 40.3 Å². The van der Waals surface area contributed by atoms with Gasteiger partial charge in [-0.25, -0.2) is 4.79 Å². The molecule has 0 spiro atoms. The van der Waals surface area contributed by atoms with Crippen LogP contribution < -0.4 is 4.74 Å². The average molecular weight is 245 g/mol. The van der Waals surface area contributed by atoms with Crippen molar-refractivity contribution in [1.29, 1.82) is 0 Å². The van der Waals surface area contributed by atoms with Gasteiger partial charge in [0.25, 0.3) is 0 Å². The molecule has 2 rings (SSSR count).